The van der Waals surface area contributed by atoms with Crippen LogP contribution in [0.3, 0.4) is 0 Å². The molecule has 1 amide bonds. The van der Waals surface area contributed by atoms with Gasteiger partial charge in [-0.2, -0.15) is 4.72 Å². The van der Waals surface area contributed by atoms with Gasteiger partial charge in [0.05, 0.1) is 10.6 Å². The third-order valence-corrected chi connectivity index (χ3v) is 6.82. The number of rotatable bonds is 6. The van der Waals surface area contributed by atoms with Crippen molar-refractivity contribution < 1.29 is 22.7 Å². The van der Waals surface area contributed by atoms with Gasteiger partial charge in [0.2, 0.25) is 10.0 Å². The van der Waals surface area contributed by atoms with Crippen LogP contribution in [-0.2, 0) is 19.6 Å². The van der Waals surface area contributed by atoms with Gasteiger partial charge in [0.25, 0.3) is 5.91 Å². The molecule has 0 saturated heterocycles. The highest BCUT2D eigenvalue weighted by atomic mass is 32.2. The molecular formula is C20H22N2O5S. The summed E-state index contributed by atoms with van der Waals surface area (Å²) in [6, 6.07) is 8.18. The van der Waals surface area contributed by atoms with Crippen LogP contribution in [0.25, 0.3) is 10.8 Å². The summed E-state index contributed by atoms with van der Waals surface area (Å²) >= 11 is 0. The van der Waals surface area contributed by atoms with Crippen molar-refractivity contribution in [1.82, 2.24) is 4.72 Å². The van der Waals surface area contributed by atoms with E-state index in [-0.39, 0.29) is 16.9 Å². The molecule has 4 rings (SSSR count). The van der Waals surface area contributed by atoms with Gasteiger partial charge in [-0.15, -0.1) is 0 Å². The monoisotopic (exact) mass is 402 g/mol. The molecule has 148 valence electrons. The Kier molecular flexibility index (Phi) is 4.84. The minimum Gasteiger partial charge on any atom is -0.461 e. The van der Waals surface area contributed by atoms with Crippen molar-refractivity contribution in [1.29, 1.82) is 0 Å². The summed E-state index contributed by atoms with van der Waals surface area (Å²) in [5.74, 6) is -0.709. The Bertz CT molecular complexity index is 1060. The third-order valence-electron chi connectivity index (χ3n) is 5.36. The smallest absolute Gasteiger partial charge is 0.321 e. The first-order chi connectivity index (χ1) is 13.4. The second kappa shape index (κ2) is 7.18. The average molecular weight is 402 g/mol. The van der Waals surface area contributed by atoms with Crippen LogP contribution in [0.1, 0.15) is 43.0 Å². The highest BCUT2D eigenvalue weighted by Gasteiger charge is 2.31. The van der Waals surface area contributed by atoms with Crippen LogP contribution in [0, 0.1) is 0 Å². The Morgan fingerprint density at radius 2 is 1.96 bits per heavy atom. The van der Waals surface area contributed by atoms with Crippen LogP contribution >= 0.6 is 0 Å². The van der Waals surface area contributed by atoms with Crippen molar-refractivity contribution in [3.05, 3.63) is 35.9 Å². The Labute approximate surface area is 163 Å². The number of ether oxygens (including phenoxy) is 1. The van der Waals surface area contributed by atoms with Crippen molar-refractivity contribution in [3.8, 4) is 0 Å². The first kappa shape index (κ1) is 18.9. The van der Waals surface area contributed by atoms with E-state index in [1.807, 2.05) is 6.92 Å². The maximum atomic E-state index is 12.8. The number of nitrogens with one attached hydrogen (secondary N) is 1. The molecule has 8 heteroatoms. The van der Waals surface area contributed by atoms with E-state index >= 15 is 0 Å². The van der Waals surface area contributed by atoms with Crippen molar-refractivity contribution in [2.75, 3.05) is 18.0 Å². The molecule has 0 bridgehead atoms. The molecule has 7 nitrogen and oxygen atoms in total. The average Bonchev–Trinajstić information content (AvgIpc) is 3.28. The first-order valence-corrected chi connectivity index (χ1v) is 11.0. The molecule has 0 spiro atoms. The fourth-order valence-corrected chi connectivity index (χ4v) is 5.20. The van der Waals surface area contributed by atoms with Gasteiger partial charge in [-0.05, 0) is 50.8 Å². The number of carbonyl (C=O) groups is 2. The second-order valence-electron chi connectivity index (χ2n) is 7.08. The minimum atomic E-state index is -3.94. The summed E-state index contributed by atoms with van der Waals surface area (Å²) in [6.07, 6.45) is 3.60. The number of esters is 1. The number of amides is 1. The minimum absolute atomic E-state index is 0.0486. The zero-order chi connectivity index (χ0) is 19.9. The molecule has 0 atom stereocenters. The lowest BCUT2D eigenvalue weighted by Crippen LogP contribution is -2.32. The van der Waals surface area contributed by atoms with Crippen LogP contribution < -0.4 is 9.62 Å². The maximum Gasteiger partial charge on any atom is 0.321 e. The molecule has 2 aromatic rings. The first-order valence-electron chi connectivity index (χ1n) is 9.49. The maximum absolute atomic E-state index is 12.8. The SMILES string of the molecule is CCN1C(=O)c2cccc3c(S(=O)(=O)NCC(=O)OC4CCCC4)ccc1c23. The fourth-order valence-electron chi connectivity index (χ4n) is 4.03. The number of carbonyl (C=O) groups excluding carboxylic acids is 2. The van der Waals surface area contributed by atoms with Gasteiger partial charge in [0.15, 0.2) is 0 Å². The van der Waals surface area contributed by atoms with E-state index < -0.39 is 22.5 Å². The van der Waals surface area contributed by atoms with E-state index in [2.05, 4.69) is 4.72 Å². The molecule has 1 aliphatic carbocycles. The lowest BCUT2D eigenvalue weighted by Gasteiger charge is -2.16. The van der Waals surface area contributed by atoms with Crippen molar-refractivity contribution in [2.24, 2.45) is 0 Å². The predicted molar refractivity (Wildman–Crippen MR) is 105 cm³/mol. The van der Waals surface area contributed by atoms with Gasteiger partial charge in [-0.25, -0.2) is 8.42 Å². The highest BCUT2D eigenvalue weighted by Crippen LogP contribution is 2.39. The molecule has 1 saturated carbocycles. The zero-order valence-electron chi connectivity index (χ0n) is 15.6. The third kappa shape index (κ3) is 3.16. The van der Waals surface area contributed by atoms with Crippen molar-refractivity contribution in [2.45, 2.75) is 43.6 Å². The molecule has 0 aromatic heterocycles. The number of benzene rings is 2. The Hall–Kier alpha value is -2.45. The molecule has 1 aliphatic heterocycles. The molecule has 1 fully saturated rings. The summed E-state index contributed by atoms with van der Waals surface area (Å²) in [4.78, 5) is 26.2. The molecule has 2 aromatic carbocycles. The van der Waals surface area contributed by atoms with E-state index in [1.165, 1.54) is 6.07 Å². The van der Waals surface area contributed by atoms with Gasteiger partial charge >= 0.3 is 5.97 Å². The highest BCUT2D eigenvalue weighted by molar-refractivity contribution is 7.89. The van der Waals surface area contributed by atoms with Crippen LogP contribution in [-0.4, -0.2) is 39.5 Å². The van der Waals surface area contributed by atoms with Crippen molar-refractivity contribution in [3.63, 3.8) is 0 Å². The summed E-state index contributed by atoms with van der Waals surface area (Å²) < 4.78 is 33.3. The molecule has 28 heavy (non-hydrogen) atoms. The Morgan fingerprint density at radius 1 is 1.21 bits per heavy atom. The topological polar surface area (TPSA) is 92.8 Å². The van der Waals surface area contributed by atoms with Gasteiger partial charge in [-0.3, -0.25) is 9.59 Å². The Balaban J connectivity index is 1.61. The van der Waals surface area contributed by atoms with E-state index in [4.69, 9.17) is 4.74 Å². The number of sulfonamides is 1. The second-order valence-corrected chi connectivity index (χ2v) is 8.82. The summed E-state index contributed by atoms with van der Waals surface area (Å²) in [5, 5.41) is 1.10. The van der Waals surface area contributed by atoms with Gasteiger partial charge < -0.3 is 9.64 Å². The molecule has 1 N–H and O–H groups in total. The van der Waals surface area contributed by atoms with E-state index in [1.54, 1.807) is 29.2 Å². The van der Waals surface area contributed by atoms with E-state index in [9.17, 15) is 18.0 Å². The number of nitrogens with zero attached hydrogens (tertiary/aromatic N) is 1. The van der Waals surface area contributed by atoms with Crippen LogP contribution in [0.2, 0.25) is 0 Å². The molecule has 0 radical (unpaired) electrons. The fraction of sp³-hybridized carbons (Fsp3) is 0.400. The number of hydrogen-bond acceptors (Lipinski definition) is 5. The summed E-state index contributed by atoms with van der Waals surface area (Å²) in [6.45, 7) is 1.96. The van der Waals surface area contributed by atoms with Crippen molar-refractivity contribution >= 4 is 38.4 Å². The molecule has 1 heterocycles. The standard InChI is InChI=1S/C20H22N2O5S/c1-2-22-16-10-11-17(14-8-5-9-15(19(14)16)20(22)24)28(25,26)21-12-18(23)27-13-6-3-4-7-13/h5,8-11,13,21H,2-4,6-7,12H2,1H3. The molecule has 0 unspecified atom stereocenters. The van der Waals surface area contributed by atoms with E-state index in [0.29, 0.717) is 28.6 Å². The normalized spacial score (nSPS) is 16.9. The van der Waals surface area contributed by atoms with Gasteiger partial charge in [0.1, 0.15) is 12.6 Å². The number of anilines is 1. The summed E-state index contributed by atoms with van der Waals surface area (Å²) in [7, 11) is -3.94. The molecule has 2 aliphatic rings. The van der Waals surface area contributed by atoms with Crippen LogP contribution in [0.15, 0.2) is 35.2 Å². The van der Waals surface area contributed by atoms with Crippen LogP contribution in [0.5, 0.6) is 0 Å². The summed E-state index contributed by atoms with van der Waals surface area (Å²) in [5.41, 5.74) is 1.20. The van der Waals surface area contributed by atoms with E-state index in [0.717, 1.165) is 25.7 Å². The van der Waals surface area contributed by atoms with Crippen LogP contribution in [0.4, 0.5) is 5.69 Å². The zero-order valence-corrected chi connectivity index (χ0v) is 16.4. The lowest BCUT2D eigenvalue weighted by atomic mass is 10.1. The molecular weight excluding hydrogens is 380 g/mol. The van der Waals surface area contributed by atoms with Gasteiger partial charge in [0, 0.05) is 22.9 Å². The quantitative estimate of drug-likeness (QED) is 0.750. The van der Waals surface area contributed by atoms with Gasteiger partial charge in [-0.1, -0.05) is 12.1 Å². The Morgan fingerprint density at radius 3 is 2.68 bits per heavy atom. The lowest BCUT2D eigenvalue weighted by molar-refractivity contribution is -0.147. The number of hydrogen-bond donors (Lipinski definition) is 1. The predicted octanol–water partition coefficient (Wildman–Crippen LogP) is 2.58. The largest absolute Gasteiger partial charge is 0.461 e.